The van der Waals surface area contributed by atoms with E-state index in [1.54, 1.807) is 7.11 Å². The molecule has 1 heterocycles. The lowest BCUT2D eigenvalue weighted by Gasteiger charge is -2.26. The zero-order valence-corrected chi connectivity index (χ0v) is 13.1. The molecule has 19 heavy (non-hydrogen) atoms. The Bertz CT molecular complexity index is 402. The lowest BCUT2D eigenvalue weighted by molar-refractivity contribution is -0.00917. The molecular weight excluding hydrogens is 238 g/mol. The smallest absolute Gasteiger partial charge is 0.160 e. The van der Waals surface area contributed by atoms with Crippen molar-refractivity contribution in [1.29, 1.82) is 0 Å². The van der Waals surface area contributed by atoms with Gasteiger partial charge in [0, 0.05) is 30.6 Å². The molecule has 2 unspecified atom stereocenters. The monoisotopic (exact) mass is 265 g/mol. The van der Waals surface area contributed by atoms with Gasteiger partial charge in [-0.15, -0.1) is 0 Å². The lowest BCUT2D eigenvalue weighted by atomic mass is 10.0. The van der Waals surface area contributed by atoms with Crippen LogP contribution in [-0.4, -0.2) is 23.6 Å². The molecule has 1 aromatic heterocycles. The predicted octanol–water partition coefficient (Wildman–Crippen LogP) is 3.12. The van der Waals surface area contributed by atoms with Gasteiger partial charge in [-0.2, -0.15) is 0 Å². The van der Waals surface area contributed by atoms with Crippen LogP contribution in [-0.2, 0) is 10.3 Å². The molecule has 0 spiro atoms. The second kappa shape index (κ2) is 6.96. The van der Waals surface area contributed by atoms with Crippen molar-refractivity contribution in [2.75, 3.05) is 13.7 Å². The molecule has 0 radical (unpaired) electrons. The Morgan fingerprint density at radius 3 is 2.58 bits per heavy atom. The van der Waals surface area contributed by atoms with Crippen LogP contribution < -0.4 is 5.32 Å². The Kier molecular flexibility index (Phi) is 5.88. The Morgan fingerprint density at radius 2 is 2.11 bits per heavy atom. The van der Waals surface area contributed by atoms with Crippen molar-refractivity contribution in [3.8, 4) is 0 Å². The normalized spacial score (nSPS) is 16.1. The van der Waals surface area contributed by atoms with E-state index in [9.17, 15) is 0 Å². The molecule has 1 aromatic rings. The van der Waals surface area contributed by atoms with E-state index >= 15 is 0 Å². The third kappa shape index (κ3) is 3.74. The minimum Gasteiger partial charge on any atom is -0.371 e. The molecule has 0 aromatic carbocycles. The summed E-state index contributed by atoms with van der Waals surface area (Å²) < 4.78 is 5.55. The van der Waals surface area contributed by atoms with Crippen LogP contribution in [0.2, 0.25) is 0 Å². The van der Waals surface area contributed by atoms with Crippen LogP contribution in [0.15, 0.2) is 6.20 Å². The summed E-state index contributed by atoms with van der Waals surface area (Å²) in [5.41, 5.74) is 1.79. The van der Waals surface area contributed by atoms with Gasteiger partial charge in [-0.25, -0.2) is 9.97 Å². The van der Waals surface area contributed by atoms with Crippen LogP contribution in [0.25, 0.3) is 0 Å². The molecule has 0 fully saturated rings. The standard InChI is InChI=1S/C15H27N3O/c1-7-9-16-11(3)13-10-17-14(18-12(13)4)15(5,8-2)19-6/h10-11,16H,7-9H2,1-6H3. The van der Waals surface area contributed by atoms with Gasteiger partial charge in [0.25, 0.3) is 0 Å². The Balaban J connectivity index is 2.97. The number of methoxy groups -OCH3 is 1. The SMILES string of the molecule is CCCNC(C)c1cnc(C(C)(CC)OC)nc1C. The number of rotatable bonds is 7. The van der Waals surface area contributed by atoms with Gasteiger partial charge in [0.1, 0.15) is 5.60 Å². The van der Waals surface area contributed by atoms with E-state index in [-0.39, 0.29) is 6.04 Å². The van der Waals surface area contributed by atoms with E-state index in [0.717, 1.165) is 36.5 Å². The molecule has 0 aliphatic carbocycles. The summed E-state index contributed by atoms with van der Waals surface area (Å²) >= 11 is 0. The number of hydrogen-bond donors (Lipinski definition) is 1. The number of aryl methyl sites for hydroxylation is 1. The highest BCUT2D eigenvalue weighted by atomic mass is 16.5. The molecule has 1 rings (SSSR count). The molecule has 4 heteroatoms. The molecule has 0 aliphatic heterocycles. The van der Waals surface area contributed by atoms with Gasteiger partial charge < -0.3 is 10.1 Å². The molecule has 0 aliphatic rings. The highest BCUT2D eigenvalue weighted by Crippen LogP contribution is 2.26. The lowest BCUT2D eigenvalue weighted by Crippen LogP contribution is -2.28. The first-order valence-electron chi connectivity index (χ1n) is 7.11. The van der Waals surface area contributed by atoms with E-state index in [2.05, 4.69) is 36.1 Å². The Labute approximate surface area is 117 Å². The van der Waals surface area contributed by atoms with Crippen LogP contribution in [0, 0.1) is 6.92 Å². The maximum Gasteiger partial charge on any atom is 0.160 e. The minimum absolute atomic E-state index is 0.282. The number of hydrogen-bond acceptors (Lipinski definition) is 4. The molecule has 4 nitrogen and oxygen atoms in total. The third-order valence-electron chi connectivity index (χ3n) is 3.78. The highest BCUT2D eigenvalue weighted by molar-refractivity contribution is 5.21. The first-order chi connectivity index (χ1) is 8.98. The average molecular weight is 265 g/mol. The summed E-state index contributed by atoms with van der Waals surface area (Å²) in [6.45, 7) is 11.5. The zero-order chi connectivity index (χ0) is 14.5. The molecule has 0 saturated carbocycles. The fraction of sp³-hybridized carbons (Fsp3) is 0.733. The van der Waals surface area contributed by atoms with Crippen LogP contribution in [0.4, 0.5) is 0 Å². The van der Waals surface area contributed by atoms with Crippen LogP contribution >= 0.6 is 0 Å². The predicted molar refractivity (Wildman–Crippen MR) is 78.1 cm³/mol. The first-order valence-corrected chi connectivity index (χ1v) is 7.11. The summed E-state index contributed by atoms with van der Waals surface area (Å²) in [6, 6.07) is 0.282. The van der Waals surface area contributed by atoms with Crippen molar-refractivity contribution in [3.05, 3.63) is 23.3 Å². The third-order valence-corrected chi connectivity index (χ3v) is 3.78. The number of nitrogens with one attached hydrogen (secondary N) is 1. The Hall–Kier alpha value is -1.00. The number of aromatic nitrogens is 2. The summed E-state index contributed by atoms with van der Waals surface area (Å²) in [4.78, 5) is 9.15. The number of ether oxygens (including phenoxy) is 1. The topological polar surface area (TPSA) is 47.0 Å². The van der Waals surface area contributed by atoms with E-state index in [1.807, 2.05) is 20.0 Å². The largest absolute Gasteiger partial charge is 0.371 e. The molecule has 0 saturated heterocycles. The van der Waals surface area contributed by atoms with Crippen molar-refractivity contribution >= 4 is 0 Å². The highest BCUT2D eigenvalue weighted by Gasteiger charge is 2.28. The van der Waals surface area contributed by atoms with Crippen LogP contribution in [0.5, 0.6) is 0 Å². The van der Waals surface area contributed by atoms with Crippen molar-refractivity contribution in [1.82, 2.24) is 15.3 Å². The van der Waals surface area contributed by atoms with Crippen molar-refractivity contribution < 1.29 is 4.74 Å². The van der Waals surface area contributed by atoms with Crippen molar-refractivity contribution in [2.45, 2.75) is 59.1 Å². The van der Waals surface area contributed by atoms with Gasteiger partial charge in [-0.1, -0.05) is 13.8 Å². The fourth-order valence-electron chi connectivity index (χ4n) is 2.02. The quantitative estimate of drug-likeness (QED) is 0.823. The molecule has 2 atom stereocenters. The molecule has 1 N–H and O–H groups in total. The van der Waals surface area contributed by atoms with Gasteiger partial charge in [0.2, 0.25) is 0 Å². The second-order valence-corrected chi connectivity index (χ2v) is 5.20. The molecule has 0 amide bonds. The zero-order valence-electron chi connectivity index (χ0n) is 13.1. The summed E-state index contributed by atoms with van der Waals surface area (Å²) in [6.07, 6.45) is 3.91. The van der Waals surface area contributed by atoms with E-state index in [1.165, 1.54) is 0 Å². The van der Waals surface area contributed by atoms with E-state index in [4.69, 9.17) is 4.74 Å². The summed E-state index contributed by atoms with van der Waals surface area (Å²) in [5, 5.41) is 3.46. The molecular formula is C15H27N3O. The van der Waals surface area contributed by atoms with Gasteiger partial charge in [0.05, 0.1) is 0 Å². The van der Waals surface area contributed by atoms with Crippen LogP contribution in [0.1, 0.15) is 63.7 Å². The minimum atomic E-state index is -0.399. The Morgan fingerprint density at radius 1 is 1.42 bits per heavy atom. The van der Waals surface area contributed by atoms with Gasteiger partial charge in [0.15, 0.2) is 5.82 Å². The van der Waals surface area contributed by atoms with Gasteiger partial charge in [-0.05, 0) is 40.2 Å². The van der Waals surface area contributed by atoms with Crippen LogP contribution in [0.3, 0.4) is 0 Å². The molecule has 108 valence electrons. The van der Waals surface area contributed by atoms with Crippen molar-refractivity contribution in [3.63, 3.8) is 0 Å². The maximum atomic E-state index is 5.55. The summed E-state index contributed by atoms with van der Waals surface area (Å²) in [7, 11) is 1.71. The van der Waals surface area contributed by atoms with E-state index in [0.29, 0.717) is 0 Å². The second-order valence-electron chi connectivity index (χ2n) is 5.20. The van der Waals surface area contributed by atoms with E-state index < -0.39 is 5.60 Å². The first kappa shape index (κ1) is 16.1. The fourth-order valence-corrected chi connectivity index (χ4v) is 2.02. The van der Waals surface area contributed by atoms with Crippen molar-refractivity contribution in [2.24, 2.45) is 0 Å². The maximum absolute atomic E-state index is 5.55. The van der Waals surface area contributed by atoms with Gasteiger partial charge in [-0.3, -0.25) is 0 Å². The van der Waals surface area contributed by atoms with Gasteiger partial charge >= 0.3 is 0 Å². The molecule has 0 bridgehead atoms. The summed E-state index contributed by atoms with van der Waals surface area (Å²) in [5.74, 6) is 0.765. The average Bonchev–Trinajstić information content (AvgIpc) is 2.43. The number of nitrogens with zero attached hydrogens (tertiary/aromatic N) is 2.